The Morgan fingerprint density at radius 3 is 2.60 bits per heavy atom. The molecule has 4 nitrogen and oxygen atoms in total. The van der Waals surface area contributed by atoms with Crippen LogP contribution in [0.5, 0.6) is 0 Å². The van der Waals surface area contributed by atoms with E-state index >= 15 is 0 Å². The lowest BCUT2D eigenvalue weighted by Crippen LogP contribution is -2.46. The van der Waals surface area contributed by atoms with Crippen LogP contribution in [-0.4, -0.2) is 31.2 Å². The first-order valence-corrected chi connectivity index (χ1v) is 8.33. The number of halogens is 1. The first-order chi connectivity index (χ1) is 9.78. The van der Waals surface area contributed by atoms with Gasteiger partial charge < -0.3 is 15.5 Å². The first-order valence-electron chi connectivity index (χ1n) is 6.66. The minimum Gasteiger partial charge on any atom is -0.368 e. The molecule has 0 radical (unpaired) electrons. The van der Waals surface area contributed by atoms with Crippen molar-refractivity contribution >= 4 is 38.1 Å². The lowest BCUT2D eigenvalue weighted by atomic mass is 10.1. The number of hydrogen-bond acceptors (Lipinski definition) is 5. The van der Waals surface area contributed by atoms with E-state index in [4.69, 9.17) is 5.73 Å². The molecule has 3 rings (SSSR count). The van der Waals surface area contributed by atoms with E-state index in [0.29, 0.717) is 6.54 Å². The van der Waals surface area contributed by atoms with Crippen molar-refractivity contribution in [1.29, 1.82) is 0 Å². The predicted molar refractivity (Wildman–Crippen MR) is 88.6 cm³/mol. The van der Waals surface area contributed by atoms with E-state index in [1.165, 1.54) is 11.3 Å². The van der Waals surface area contributed by atoms with Gasteiger partial charge >= 0.3 is 0 Å². The maximum atomic E-state index is 5.85. The Balaban J connectivity index is 1.73. The number of anilines is 2. The highest BCUT2D eigenvalue weighted by Crippen LogP contribution is 2.27. The molecule has 0 bridgehead atoms. The van der Waals surface area contributed by atoms with Gasteiger partial charge in [-0.25, -0.2) is 4.98 Å². The van der Waals surface area contributed by atoms with E-state index < -0.39 is 0 Å². The third-order valence-corrected chi connectivity index (χ3v) is 4.90. The van der Waals surface area contributed by atoms with Gasteiger partial charge in [0.15, 0.2) is 5.13 Å². The zero-order chi connectivity index (χ0) is 13.9. The molecule has 0 atom stereocenters. The summed E-state index contributed by atoms with van der Waals surface area (Å²) in [5, 5.41) is 3.15. The van der Waals surface area contributed by atoms with E-state index in [-0.39, 0.29) is 0 Å². The number of piperazine rings is 1. The second-order valence-electron chi connectivity index (χ2n) is 4.77. The Labute approximate surface area is 131 Å². The van der Waals surface area contributed by atoms with Crippen LogP contribution in [0.4, 0.5) is 10.8 Å². The normalized spacial score (nSPS) is 15.7. The molecule has 106 valence electrons. The van der Waals surface area contributed by atoms with Gasteiger partial charge in [0, 0.05) is 54.5 Å². The number of benzene rings is 1. The predicted octanol–water partition coefficient (Wildman–Crippen LogP) is 2.69. The van der Waals surface area contributed by atoms with Gasteiger partial charge in [0.1, 0.15) is 0 Å². The molecule has 20 heavy (non-hydrogen) atoms. The number of rotatable bonds is 3. The third kappa shape index (κ3) is 2.82. The molecule has 2 heterocycles. The summed E-state index contributed by atoms with van der Waals surface area (Å²) in [6, 6.07) is 6.32. The van der Waals surface area contributed by atoms with Gasteiger partial charge in [-0.1, -0.05) is 22.0 Å². The fourth-order valence-corrected chi connectivity index (χ4v) is 3.56. The fraction of sp³-hybridized carbons (Fsp3) is 0.357. The van der Waals surface area contributed by atoms with E-state index in [9.17, 15) is 0 Å². The SMILES string of the molecule is NCc1ccc(Br)cc1N1CCN(c2nccs2)CC1. The van der Waals surface area contributed by atoms with Crippen molar-refractivity contribution in [2.24, 2.45) is 5.73 Å². The summed E-state index contributed by atoms with van der Waals surface area (Å²) in [6.07, 6.45) is 1.87. The second kappa shape index (κ2) is 6.11. The summed E-state index contributed by atoms with van der Waals surface area (Å²) in [5.41, 5.74) is 8.31. The summed E-state index contributed by atoms with van der Waals surface area (Å²) < 4.78 is 1.10. The van der Waals surface area contributed by atoms with Crippen molar-refractivity contribution in [3.63, 3.8) is 0 Å². The molecule has 0 amide bonds. The molecule has 1 aromatic carbocycles. The van der Waals surface area contributed by atoms with Crippen molar-refractivity contribution in [2.45, 2.75) is 6.54 Å². The van der Waals surface area contributed by atoms with Gasteiger partial charge in [0.2, 0.25) is 0 Å². The molecule has 2 N–H and O–H groups in total. The van der Waals surface area contributed by atoms with Gasteiger partial charge in [-0.05, 0) is 17.7 Å². The summed E-state index contributed by atoms with van der Waals surface area (Å²) >= 11 is 5.25. The average molecular weight is 353 g/mol. The van der Waals surface area contributed by atoms with Crippen LogP contribution in [0.1, 0.15) is 5.56 Å². The highest BCUT2D eigenvalue weighted by Gasteiger charge is 2.20. The Kier molecular flexibility index (Phi) is 4.24. The minimum absolute atomic E-state index is 0.579. The molecule has 1 fully saturated rings. The summed E-state index contributed by atoms with van der Waals surface area (Å²) in [6.45, 7) is 4.59. The van der Waals surface area contributed by atoms with Crippen LogP contribution in [0.25, 0.3) is 0 Å². The van der Waals surface area contributed by atoms with Gasteiger partial charge in [-0.3, -0.25) is 0 Å². The van der Waals surface area contributed by atoms with Crippen molar-refractivity contribution < 1.29 is 0 Å². The van der Waals surface area contributed by atoms with Crippen molar-refractivity contribution in [1.82, 2.24) is 4.98 Å². The maximum Gasteiger partial charge on any atom is 0.185 e. The monoisotopic (exact) mass is 352 g/mol. The van der Waals surface area contributed by atoms with E-state index in [2.05, 4.69) is 48.9 Å². The summed E-state index contributed by atoms with van der Waals surface area (Å²) in [4.78, 5) is 9.15. The van der Waals surface area contributed by atoms with E-state index in [0.717, 1.165) is 35.8 Å². The lowest BCUT2D eigenvalue weighted by molar-refractivity contribution is 0.649. The molecule has 1 saturated heterocycles. The molecule has 1 aromatic heterocycles. The molecular weight excluding hydrogens is 336 g/mol. The lowest BCUT2D eigenvalue weighted by Gasteiger charge is -2.37. The molecule has 1 aliphatic heterocycles. The third-order valence-electron chi connectivity index (χ3n) is 3.58. The Morgan fingerprint density at radius 2 is 1.95 bits per heavy atom. The minimum atomic E-state index is 0.579. The number of nitrogens with zero attached hydrogens (tertiary/aromatic N) is 3. The Bertz CT molecular complexity index is 565. The van der Waals surface area contributed by atoms with Crippen LogP contribution >= 0.6 is 27.3 Å². The van der Waals surface area contributed by atoms with Crippen LogP contribution < -0.4 is 15.5 Å². The van der Waals surface area contributed by atoms with E-state index in [1.807, 2.05) is 11.6 Å². The average Bonchev–Trinajstić information content (AvgIpc) is 3.02. The molecule has 6 heteroatoms. The smallest absolute Gasteiger partial charge is 0.185 e. The number of aromatic nitrogens is 1. The molecule has 0 unspecified atom stereocenters. The highest BCUT2D eigenvalue weighted by atomic mass is 79.9. The number of hydrogen-bond donors (Lipinski definition) is 1. The summed E-state index contributed by atoms with van der Waals surface area (Å²) in [7, 11) is 0. The standard InChI is InChI=1S/C14H17BrN4S/c15-12-2-1-11(10-16)13(9-12)18-4-6-19(7-5-18)14-17-3-8-20-14/h1-3,8-9H,4-7,10,16H2. The van der Waals surface area contributed by atoms with Crippen LogP contribution in [-0.2, 0) is 6.54 Å². The number of nitrogens with two attached hydrogens (primary N) is 1. The van der Waals surface area contributed by atoms with Gasteiger partial charge in [0.05, 0.1) is 0 Å². The number of thiazole rings is 1. The molecule has 0 saturated carbocycles. The highest BCUT2D eigenvalue weighted by molar-refractivity contribution is 9.10. The van der Waals surface area contributed by atoms with E-state index in [1.54, 1.807) is 11.3 Å². The molecule has 0 spiro atoms. The zero-order valence-electron chi connectivity index (χ0n) is 11.1. The Hall–Kier alpha value is -1.11. The first kappa shape index (κ1) is 13.9. The van der Waals surface area contributed by atoms with Crippen molar-refractivity contribution in [2.75, 3.05) is 36.0 Å². The van der Waals surface area contributed by atoms with Crippen molar-refractivity contribution in [3.8, 4) is 0 Å². The van der Waals surface area contributed by atoms with Crippen LogP contribution in [0, 0.1) is 0 Å². The topological polar surface area (TPSA) is 45.4 Å². The maximum absolute atomic E-state index is 5.85. The quantitative estimate of drug-likeness (QED) is 0.922. The summed E-state index contributed by atoms with van der Waals surface area (Å²) in [5.74, 6) is 0. The fourth-order valence-electron chi connectivity index (χ4n) is 2.51. The Morgan fingerprint density at radius 1 is 1.20 bits per heavy atom. The van der Waals surface area contributed by atoms with Crippen molar-refractivity contribution in [3.05, 3.63) is 39.8 Å². The molecule has 2 aromatic rings. The molecule has 1 aliphatic rings. The van der Waals surface area contributed by atoms with Crippen LogP contribution in [0.15, 0.2) is 34.2 Å². The second-order valence-corrected chi connectivity index (χ2v) is 6.55. The van der Waals surface area contributed by atoms with Crippen LogP contribution in [0.2, 0.25) is 0 Å². The van der Waals surface area contributed by atoms with Crippen LogP contribution in [0.3, 0.4) is 0 Å². The molecular formula is C14H17BrN4S. The largest absolute Gasteiger partial charge is 0.368 e. The van der Waals surface area contributed by atoms with Gasteiger partial charge in [-0.15, -0.1) is 11.3 Å². The zero-order valence-corrected chi connectivity index (χ0v) is 13.5. The van der Waals surface area contributed by atoms with Gasteiger partial charge in [-0.2, -0.15) is 0 Å². The molecule has 0 aliphatic carbocycles. The van der Waals surface area contributed by atoms with Gasteiger partial charge in [0.25, 0.3) is 0 Å².